The fraction of sp³-hybridized carbons (Fsp3) is 0.500. The third kappa shape index (κ3) is 3.00. The van der Waals surface area contributed by atoms with E-state index in [-0.39, 0.29) is 5.69 Å². The molecule has 1 aliphatic carbocycles. The lowest BCUT2D eigenvalue weighted by Gasteiger charge is -2.25. The zero-order chi connectivity index (χ0) is 12.3. The highest BCUT2D eigenvalue weighted by molar-refractivity contribution is 5.40. The topological polar surface area (TPSA) is 55.2 Å². The van der Waals surface area contributed by atoms with Gasteiger partial charge in [-0.2, -0.15) is 0 Å². The number of hydrogen-bond donors (Lipinski definition) is 1. The maximum atomic E-state index is 13.0. The van der Waals surface area contributed by atoms with Gasteiger partial charge in [0.25, 0.3) is 5.69 Å². The van der Waals surface area contributed by atoms with Gasteiger partial charge in [0.2, 0.25) is 0 Å². The standard InChI is InChI=1S/C12H15FN2O2/c13-11-4-5-12(15(16)17)10(6-11)8-14-7-9-2-1-3-9/h4-6,9,14H,1-3,7-8H2. The molecular weight excluding hydrogens is 223 g/mol. The van der Waals surface area contributed by atoms with Crippen LogP contribution in [0.25, 0.3) is 0 Å². The lowest BCUT2D eigenvalue weighted by molar-refractivity contribution is -0.385. The first-order valence-electron chi connectivity index (χ1n) is 5.80. The maximum Gasteiger partial charge on any atom is 0.274 e. The van der Waals surface area contributed by atoms with Crippen molar-refractivity contribution in [1.82, 2.24) is 5.32 Å². The Balaban J connectivity index is 1.97. The first-order valence-corrected chi connectivity index (χ1v) is 5.80. The van der Waals surface area contributed by atoms with Gasteiger partial charge in [-0.25, -0.2) is 4.39 Å². The Hall–Kier alpha value is -1.49. The summed E-state index contributed by atoms with van der Waals surface area (Å²) in [5.74, 6) is 0.249. The third-order valence-corrected chi connectivity index (χ3v) is 3.21. The number of nitro groups is 1. The number of rotatable bonds is 5. The quantitative estimate of drug-likeness (QED) is 0.633. The molecule has 17 heavy (non-hydrogen) atoms. The molecule has 4 nitrogen and oxygen atoms in total. The minimum absolute atomic E-state index is 0.0208. The van der Waals surface area contributed by atoms with E-state index >= 15 is 0 Å². The number of nitrogens with one attached hydrogen (secondary N) is 1. The number of nitro benzene ring substituents is 1. The molecular formula is C12H15FN2O2. The van der Waals surface area contributed by atoms with E-state index in [1.54, 1.807) is 0 Å². The molecule has 0 amide bonds. The molecule has 92 valence electrons. The minimum Gasteiger partial charge on any atom is -0.312 e. The van der Waals surface area contributed by atoms with Crippen LogP contribution in [0.4, 0.5) is 10.1 Å². The summed E-state index contributed by atoms with van der Waals surface area (Å²) in [6.07, 6.45) is 3.71. The predicted octanol–water partition coefficient (Wildman–Crippen LogP) is 2.62. The lowest BCUT2D eigenvalue weighted by atomic mass is 9.85. The predicted molar refractivity (Wildman–Crippen MR) is 62.1 cm³/mol. The molecule has 0 radical (unpaired) electrons. The minimum atomic E-state index is -0.472. The molecule has 0 aliphatic heterocycles. The third-order valence-electron chi connectivity index (χ3n) is 3.21. The van der Waals surface area contributed by atoms with Crippen LogP contribution in [-0.2, 0) is 6.54 Å². The van der Waals surface area contributed by atoms with Gasteiger partial charge in [0.05, 0.1) is 4.92 Å². The van der Waals surface area contributed by atoms with E-state index in [2.05, 4.69) is 5.32 Å². The van der Waals surface area contributed by atoms with Gasteiger partial charge < -0.3 is 5.32 Å². The van der Waals surface area contributed by atoms with Crippen molar-refractivity contribution in [3.05, 3.63) is 39.7 Å². The molecule has 0 atom stereocenters. The van der Waals surface area contributed by atoms with E-state index in [9.17, 15) is 14.5 Å². The Kier molecular flexibility index (Phi) is 3.68. The van der Waals surface area contributed by atoms with Gasteiger partial charge in [0, 0.05) is 18.2 Å². The van der Waals surface area contributed by atoms with Crippen LogP contribution in [0.2, 0.25) is 0 Å². The van der Waals surface area contributed by atoms with E-state index in [1.165, 1.54) is 31.4 Å². The van der Waals surface area contributed by atoms with E-state index in [1.807, 2.05) is 0 Å². The molecule has 0 saturated heterocycles. The molecule has 0 spiro atoms. The molecule has 1 aromatic carbocycles. The van der Waals surface area contributed by atoms with Gasteiger partial charge in [0.15, 0.2) is 0 Å². The summed E-state index contributed by atoms with van der Waals surface area (Å²) in [6, 6.07) is 3.56. The molecule has 0 unspecified atom stereocenters. The fourth-order valence-electron chi connectivity index (χ4n) is 1.98. The van der Waals surface area contributed by atoms with Crippen molar-refractivity contribution in [1.29, 1.82) is 0 Å². The van der Waals surface area contributed by atoms with Crippen LogP contribution in [0.15, 0.2) is 18.2 Å². The maximum absolute atomic E-state index is 13.0. The van der Waals surface area contributed by atoms with Crippen molar-refractivity contribution in [2.75, 3.05) is 6.54 Å². The van der Waals surface area contributed by atoms with Gasteiger partial charge in [-0.15, -0.1) is 0 Å². The average molecular weight is 238 g/mol. The zero-order valence-corrected chi connectivity index (χ0v) is 9.49. The Bertz CT molecular complexity index is 419. The van der Waals surface area contributed by atoms with E-state index in [4.69, 9.17) is 0 Å². The molecule has 2 rings (SSSR count). The summed E-state index contributed by atoms with van der Waals surface area (Å²) in [5, 5.41) is 13.9. The van der Waals surface area contributed by atoms with E-state index in [0.717, 1.165) is 12.6 Å². The molecule has 0 bridgehead atoms. The van der Waals surface area contributed by atoms with Crippen molar-refractivity contribution < 1.29 is 9.31 Å². The number of benzene rings is 1. The second-order valence-electron chi connectivity index (χ2n) is 4.46. The van der Waals surface area contributed by atoms with Crippen molar-refractivity contribution in [3.63, 3.8) is 0 Å². The number of hydrogen-bond acceptors (Lipinski definition) is 3. The lowest BCUT2D eigenvalue weighted by Crippen LogP contribution is -2.27. The van der Waals surface area contributed by atoms with Crippen LogP contribution in [-0.4, -0.2) is 11.5 Å². The van der Waals surface area contributed by atoms with Gasteiger partial charge in [-0.05, 0) is 37.4 Å². The largest absolute Gasteiger partial charge is 0.312 e. The van der Waals surface area contributed by atoms with Gasteiger partial charge >= 0.3 is 0 Å². The van der Waals surface area contributed by atoms with Crippen molar-refractivity contribution in [2.45, 2.75) is 25.8 Å². The highest BCUT2D eigenvalue weighted by Crippen LogP contribution is 2.25. The first kappa shape index (κ1) is 12.0. The Morgan fingerprint density at radius 3 is 2.82 bits per heavy atom. The second kappa shape index (κ2) is 5.23. The van der Waals surface area contributed by atoms with Crippen LogP contribution in [0.1, 0.15) is 24.8 Å². The van der Waals surface area contributed by atoms with Crippen molar-refractivity contribution in [2.24, 2.45) is 5.92 Å². The molecule has 1 aromatic rings. The van der Waals surface area contributed by atoms with Crippen LogP contribution in [0, 0.1) is 21.8 Å². The van der Waals surface area contributed by atoms with E-state index in [0.29, 0.717) is 18.0 Å². The molecule has 1 aliphatic rings. The smallest absolute Gasteiger partial charge is 0.274 e. The summed E-state index contributed by atoms with van der Waals surface area (Å²) in [7, 11) is 0. The molecule has 1 N–H and O–H groups in total. The van der Waals surface area contributed by atoms with Crippen LogP contribution in [0.5, 0.6) is 0 Å². The molecule has 0 aromatic heterocycles. The second-order valence-corrected chi connectivity index (χ2v) is 4.46. The highest BCUT2D eigenvalue weighted by atomic mass is 19.1. The number of nitrogens with zero attached hydrogens (tertiary/aromatic N) is 1. The molecule has 1 saturated carbocycles. The van der Waals surface area contributed by atoms with Gasteiger partial charge in [0.1, 0.15) is 5.82 Å². The van der Waals surface area contributed by atoms with E-state index < -0.39 is 10.7 Å². The molecule has 5 heteroatoms. The Morgan fingerprint density at radius 2 is 2.24 bits per heavy atom. The first-order chi connectivity index (χ1) is 8.16. The summed E-state index contributed by atoms with van der Waals surface area (Å²) in [6.45, 7) is 1.21. The van der Waals surface area contributed by atoms with Gasteiger partial charge in [-0.1, -0.05) is 6.42 Å². The summed E-state index contributed by atoms with van der Waals surface area (Å²) in [4.78, 5) is 10.3. The van der Waals surface area contributed by atoms with Crippen LogP contribution >= 0.6 is 0 Å². The normalized spacial score (nSPS) is 15.6. The van der Waals surface area contributed by atoms with Gasteiger partial charge in [-0.3, -0.25) is 10.1 Å². The fourth-order valence-corrected chi connectivity index (χ4v) is 1.98. The van der Waals surface area contributed by atoms with Crippen molar-refractivity contribution >= 4 is 5.69 Å². The van der Waals surface area contributed by atoms with Crippen molar-refractivity contribution in [3.8, 4) is 0 Å². The monoisotopic (exact) mass is 238 g/mol. The number of halogens is 1. The summed E-state index contributed by atoms with van der Waals surface area (Å²) >= 11 is 0. The van der Waals surface area contributed by atoms with Crippen LogP contribution < -0.4 is 5.32 Å². The average Bonchev–Trinajstić information content (AvgIpc) is 2.21. The Labute approximate surface area is 99.0 Å². The zero-order valence-electron chi connectivity index (χ0n) is 9.49. The Morgan fingerprint density at radius 1 is 1.47 bits per heavy atom. The van der Waals surface area contributed by atoms with Crippen LogP contribution in [0.3, 0.4) is 0 Å². The highest BCUT2D eigenvalue weighted by Gasteiger charge is 2.18. The molecule has 1 fully saturated rings. The summed E-state index contributed by atoms with van der Waals surface area (Å²) in [5.41, 5.74) is 0.391. The SMILES string of the molecule is O=[N+]([O-])c1ccc(F)cc1CNCC1CCC1. The molecule has 0 heterocycles. The summed E-state index contributed by atoms with van der Waals surface area (Å²) < 4.78 is 13.0.